The molecule has 4 heteroatoms. The van der Waals surface area contributed by atoms with E-state index in [1.807, 2.05) is 92.0 Å². The topological polar surface area (TPSA) is 47.8 Å². The number of carbonyl (C=O) groups is 1. The number of aromatic nitrogens is 3. The third-order valence-electron chi connectivity index (χ3n) is 4.28. The van der Waals surface area contributed by atoms with Crippen LogP contribution in [0.3, 0.4) is 0 Å². The van der Waals surface area contributed by atoms with Gasteiger partial charge in [0, 0.05) is 16.7 Å². The van der Waals surface area contributed by atoms with E-state index in [1.54, 1.807) is 4.68 Å². The summed E-state index contributed by atoms with van der Waals surface area (Å²) >= 11 is 0. The van der Waals surface area contributed by atoms with Crippen LogP contribution < -0.4 is 0 Å². The van der Waals surface area contributed by atoms with Crippen LogP contribution in [0.2, 0.25) is 0 Å². The number of rotatable bonds is 4. The predicted molar refractivity (Wildman–Crippen MR) is 101 cm³/mol. The maximum absolute atomic E-state index is 12.9. The van der Waals surface area contributed by atoms with Crippen LogP contribution in [0.1, 0.15) is 21.5 Å². The van der Waals surface area contributed by atoms with Crippen LogP contribution in [-0.4, -0.2) is 20.8 Å². The van der Waals surface area contributed by atoms with Gasteiger partial charge in [-0.25, -0.2) is 4.68 Å². The first-order valence-electron chi connectivity index (χ1n) is 8.41. The van der Waals surface area contributed by atoms with Crippen molar-refractivity contribution in [2.45, 2.75) is 6.92 Å². The average molecular weight is 339 g/mol. The molecule has 0 saturated heterocycles. The van der Waals surface area contributed by atoms with Crippen LogP contribution in [-0.2, 0) is 0 Å². The highest BCUT2D eigenvalue weighted by molar-refractivity contribution is 6.12. The van der Waals surface area contributed by atoms with Crippen molar-refractivity contribution in [3.8, 4) is 16.9 Å². The van der Waals surface area contributed by atoms with Crippen LogP contribution in [0.15, 0.2) is 85.1 Å². The van der Waals surface area contributed by atoms with Crippen LogP contribution in [0.5, 0.6) is 0 Å². The minimum atomic E-state index is -0.0221. The first-order valence-corrected chi connectivity index (χ1v) is 8.41. The SMILES string of the molecule is Cc1ccc(-n2cc(-c3ccccc3C(=O)c3ccccc3)nn2)cc1. The Morgan fingerprint density at radius 3 is 2.31 bits per heavy atom. The quantitative estimate of drug-likeness (QED) is 0.515. The first kappa shape index (κ1) is 16.0. The lowest BCUT2D eigenvalue weighted by Crippen LogP contribution is -2.03. The molecule has 0 unspecified atom stereocenters. The van der Waals surface area contributed by atoms with Gasteiger partial charge in [0.25, 0.3) is 0 Å². The van der Waals surface area contributed by atoms with Gasteiger partial charge in [-0.05, 0) is 19.1 Å². The second-order valence-corrected chi connectivity index (χ2v) is 6.12. The number of nitrogens with zero attached hydrogens (tertiary/aromatic N) is 3. The molecule has 1 aromatic heterocycles. The zero-order valence-corrected chi connectivity index (χ0v) is 14.3. The second kappa shape index (κ2) is 6.76. The Morgan fingerprint density at radius 2 is 1.54 bits per heavy atom. The molecular formula is C22H17N3O. The molecule has 0 fully saturated rings. The summed E-state index contributed by atoms with van der Waals surface area (Å²) < 4.78 is 1.72. The van der Waals surface area contributed by atoms with E-state index in [0.717, 1.165) is 11.3 Å². The Hall–Kier alpha value is -3.53. The van der Waals surface area contributed by atoms with Crippen molar-refractivity contribution in [3.05, 3.63) is 102 Å². The van der Waals surface area contributed by atoms with Gasteiger partial charge in [0.15, 0.2) is 5.78 Å². The molecule has 0 amide bonds. The summed E-state index contributed by atoms with van der Waals surface area (Å²) in [6.07, 6.45) is 1.85. The van der Waals surface area contributed by atoms with Gasteiger partial charge in [-0.2, -0.15) is 0 Å². The molecule has 3 aromatic carbocycles. The zero-order chi connectivity index (χ0) is 17.9. The van der Waals surface area contributed by atoms with E-state index in [1.165, 1.54) is 5.56 Å². The first-order chi connectivity index (χ1) is 12.7. The fraction of sp³-hybridized carbons (Fsp3) is 0.0455. The van der Waals surface area contributed by atoms with Crippen LogP contribution in [0.4, 0.5) is 0 Å². The smallest absolute Gasteiger partial charge is 0.193 e. The third kappa shape index (κ3) is 3.05. The second-order valence-electron chi connectivity index (χ2n) is 6.12. The van der Waals surface area contributed by atoms with Gasteiger partial charge in [-0.15, -0.1) is 5.10 Å². The van der Waals surface area contributed by atoms with Gasteiger partial charge in [-0.1, -0.05) is 77.5 Å². The van der Waals surface area contributed by atoms with E-state index in [4.69, 9.17) is 0 Å². The van der Waals surface area contributed by atoms with Crippen LogP contribution in [0, 0.1) is 6.92 Å². The Bertz CT molecular complexity index is 1050. The van der Waals surface area contributed by atoms with Gasteiger partial charge in [-0.3, -0.25) is 4.79 Å². The normalized spacial score (nSPS) is 10.7. The molecule has 0 spiro atoms. The minimum Gasteiger partial charge on any atom is -0.289 e. The highest BCUT2D eigenvalue weighted by atomic mass is 16.1. The zero-order valence-electron chi connectivity index (χ0n) is 14.3. The van der Waals surface area contributed by atoms with Crippen molar-refractivity contribution in [1.29, 1.82) is 0 Å². The monoisotopic (exact) mass is 339 g/mol. The van der Waals surface area contributed by atoms with E-state index in [2.05, 4.69) is 10.3 Å². The molecule has 4 aromatic rings. The Balaban J connectivity index is 1.73. The van der Waals surface area contributed by atoms with E-state index >= 15 is 0 Å². The van der Waals surface area contributed by atoms with Gasteiger partial charge < -0.3 is 0 Å². The van der Waals surface area contributed by atoms with E-state index in [0.29, 0.717) is 16.8 Å². The third-order valence-corrected chi connectivity index (χ3v) is 4.28. The highest BCUT2D eigenvalue weighted by Gasteiger charge is 2.16. The number of hydrogen-bond donors (Lipinski definition) is 0. The number of carbonyl (C=O) groups excluding carboxylic acids is 1. The van der Waals surface area contributed by atoms with Crippen molar-refractivity contribution in [2.24, 2.45) is 0 Å². The molecule has 1 heterocycles. The van der Waals surface area contributed by atoms with Gasteiger partial charge >= 0.3 is 0 Å². The summed E-state index contributed by atoms with van der Waals surface area (Å²) in [4.78, 5) is 12.9. The molecule has 0 N–H and O–H groups in total. The highest BCUT2D eigenvalue weighted by Crippen LogP contribution is 2.24. The molecular weight excluding hydrogens is 322 g/mol. The largest absolute Gasteiger partial charge is 0.289 e. The van der Waals surface area contributed by atoms with Crippen molar-refractivity contribution < 1.29 is 4.79 Å². The number of ketones is 1. The number of benzene rings is 3. The van der Waals surface area contributed by atoms with Gasteiger partial charge in [0.2, 0.25) is 0 Å². The standard InChI is InChI=1S/C22H17N3O/c1-16-11-13-18(14-12-16)25-15-21(23-24-25)19-9-5-6-10-20(19)22(26)17-7-3-2-4-8-17/h2-15H,1H3. The molecule has 0 atom stereocenters. The molecule has 0 bridgehead atoms. The van der Waals surface area contributed by atoms with E-state index in [9.17, 15) is 4.79 Å². The van der Waals surface area contributed by atoms with Crippen molar-refractivity contribution in [3.63, 3.8) is 0 Å². The molecule has 0 saturated carbocycles. The van der Waals surface area contributed by atoms with E-state index in [-0.39, 0.29) is 5.78 Å². The van der Waals surface area contributed by atoms with Crippen molar-refractivity contribution in [2.75, 3.05) is 0 Å². The number of aryl methyl sites for hydroxylation is 1. The maximum atomic E-state index is 12.9. The Labute approximate surface area is 151 Å². The Kier molecular flexibility index (Phi) is 4.15. The molecule has 4 rings (SSSR count). The molecule has 0 aliphatic rings. The lowest BCUT2D eigenvalue weighted by atomic mass is 9.97. The number of hydrogen-bond acceptors (Lipinski definition) is 3. The lowest BCUT2D eigenvalue weighted by Gasteiger charge is -2.06. The lowest BCUT2D eigenvalue weighted by molar-refractivity contribution is 0.103. The molecule has 4 nitrogen and oxygen atoms in total. The average Bonchev–Trinajstić information content (AvgIpc) is 3.19. The fourth-order valence-electron chi connectivity index (χ4n) is 2.86. The summed E-state index contributed by atoms with van der Waals surface area (Å²) in [6.45, 7) is 2.04. The van der Waals surface area contributed by atoms with E-state index < -0.39 is 0 Å². The Morgan fingerprint density at radius 1 is 0.846 bits per heavy atom. The van der Waals surface area contributed by atoms with Crippen molar-refractivity contribution in [1.82, 2.24) is 15.0 Å². The predicted octanol–water partition coefficient (Wildman–Crippen LogP) is 4.47. The van der Waals surface area contributed by atoms with Crippen LogP contribution in [0.25, 0.3) is 16.9 Å². The van der Waals surface area contributed by atoms with Crippen molar-refractivity contribution >= 4 is 5.78 Å². The maximum Gasteiger partial charge on any atom is 0.193 e. The summed E-state index contributed by atoms with van der Waals surface area (Å²) in [5, 5.41) is 8.50. The minimum absolute atomic E-state index is 0.0221. The van der Waals surface area contributed by atoms with Gasteiger partial charge in [0.1, 0.15) is 5.69 Å². The fourth-order valence-corrected chi connectivity index (χ4v) is 2.86. The van der Waals surface area contributed by atoms with Crippen LogP contribution >= 0.6 is 0 Å². The molecule has 0 aliphatic heterocycles. The summed E-state index contributed by atoms with van der Waals surface area (Å²) in [6, 6.07) is 24.8. The summed E-state index contributed by atoms with van der Waals surface area (Å²) in [5.41, 5.74) is 4.85. The summed E-state index contributed by atoms with van der Waals surface area (Å²) in [5.74, 6) is -0.0221. The molecule has 0 aliphatic carbocycles. The molecule has 0 radical (unpaired) electrons. The molecule has 126 valence electrons. The van der Waals surface area contributed by atoms with Gasteiger partial charge in [0.05, 0.1) is 11.9 Å². The summed E-state index contributed by atoms with van der Waals surface area (Å²) in [7, 11) is 0. The molecule has 26 heavy (non-hydrogen) atoms.